The van der Waals surface area contributed by atoms with Crippen LogP contribution in [0.3, 0.4) is 0 Å². The molecule has 7 rings (SSSR count). The molecule has 0 aliphatic heterocycles. The standard InChI is InChI=1S/C32H25N3O/c1-19(2)15-20-16-27(34-28(17-20)26-7-3-4-11-30(26)36)21-12-13-22-23-8-5-9-24-25-10-6-14-33-32(25)35(31(23)24)29(22)18-21/h3-14,16-19,36H,15H2,1-2H3. The fourth-order valence-corrected chi connectivity index (χ4v) is 5.60. The predicted octanol–water partition coefficient (Wildman–Crippen LogP) is 7.86. The second-order valence-corrected chi connectivity index (χ2v) is 10.0. The molecule has 0 saturated heterocycles. The summed E-state index contributed by atoms with van der Waals surface area (Å²) in [6.45, 7) is 4.45. The number of phenolic OH excluding ortho intramolecular Hbond substituents is 1. The Labute approximate surface area is 208 Å². The van der Waals surface area contributed by atoms with Crippen LogP contribution in [0.15, 0.2) is 91.1 Å². The van der Waals surface area contributed by atoms with Crippen molar-refractivity contribution < 1.29 is 5.11 Å². The van der Waals surface area contributed by atoms with Crippen LogP contribution < -0.4 is 0 Å². The van der Waals surface area contributed by atoms with Gasteiger partial charge in [0.1, 0.15) is 11.4 Å². The third-order valence-electron chi connectivity index (χ3n) is 7.08. The van der Waals surface area contributed by atoms with Crippen LogP contribution in [0.2, 0.25) is 0 Å². The summed E-state index contributed by atoms with van der Waals surface area (Å²) in [5.41, 5.74) is 8.04. The molecule has 4 nitrogen and oxygen atoms in total. The molecule has 0 spiro atoms. The van der Waals surface area contributed by atoms with Crippen LogP contribution in [0.4, 0.5) is 0 Å². The zero-order chi connectivity index (χ0) is 24.4. The summed E-state index contributed by atoms with van der Waals surface area (Å²) in [5, 5.41) is 15.4. The summed E-state index contributed by atoms with van der Waals surface area (Å²) in [7, 11) is 0. The molecular weight excluding hydrogens is 442 g/mol. The number of aromatic hydroxyl groups is 1. The van der Waals surface area contributed by atoms with Crippen LogP contribution in [0.5, 0.6) is 5.75 Å². The molecule has 0 atom stereocenters. The lowest BCUT2D eigenvalue weighted by Crippen LogP contribution is -1.98. The monoisotopic (exact) mass is 467 g/mol. The lowest BCUT2D eigenvalue weighted by Gasteiger charge is -2.12. The molecule has 4 heterocycles. The van der Waals surface area contributed by atoms with E-state index in [-0.39, 0.29) is 5.75 Å². The van der Waals surface area contributed by atoms with E-state index in [1.807, 2.05) is 30.5 Å². The van der Waals surface area contributed by atoms with Crippen LogP contribution in [0, 0.1) is 5.92 Å². The Morgan fingerprint density at radius 2 is 1.56 bits per heavy atom. The Morgan fingerprint density at radius 3 is 2.39 bits per heavy atom. The topological polar surface area (TPSA) is 50.4 Å². The number of benzene rings is 3. The lowest BCUT2D eigenvalue weighted by molar-refractivity contribution is 0.477. The summed E-state index contributed by atoms with van der Waals surface area (Å²) in [6, 6.07) is 29.0. The number of hydrogen-bond donors (Lipinski definition) is 1. The summed E-state index contributed by atoms with van der Waals surface area (Å²) in [6.07, 6.45) is 2.81. The molecule has 0 saturated carbocycles. The van der Waals surface area contributed by atoms with E-state index >= 15 is 0 Å². The van der Waals surface area contributed by atoms with E-state index in [1.165, 1.54) is 32.6 Å². The van der Waals surface area contributed by atoms with Crippen molar-refractivity contribution in [3.8, 4) is 28.3 Å². The normalized spacial score (nSPS) is 12.1. The second kappa shape index (κ2) is 7.79. The average Bonchev–Trinajstić information content (AvgIpc) is 3.40. The highest BCUT2D eigenvalue weighted by Crippen LogP contribution is 2.39. The first-order valence-electron chi connectivity index (χ1n) is 12.4. The molecule has 0 amide bonds. The van der Waals surface area contributed by atoms with Crippen LogP contribution in [-0.2, 0) is 6.42 Å². The van der Waals surface area contributed by atoms with E-state index in [1.54, 1.807) is 6.07 Å². The van der Waals surface area contributed by atoms with Gasteiger partial charge in [-0.3, -0.25) is 4.40 Å². The van der Waals surface area contributed by atoms with E-state index in [4.69, 9.17) is 9.97 Å². The molecule has 7 aromatic rings. The molecule has 0 aliphatic rings. The van der Waals surface area contributed by atoms with Gasteiger partial charge in [0.25, 0.3) is 0 Å². The Balaban J connectivity index is 1.50. The zero-order valence-corrected chi connectivity index (χ0v) is 20.2. The summed E-state index contributed by atoms with van der Waals surface area (Å²) in [4.78, 5) is 9.78. The van der Waals surface area contributed by atoms with Crippen molar-refractivity contribution in [2.45, 2.75) is 20.3 Å². The van der Waals surface area contributed by atoms with Gasteiger partial charge in [-0.15, -0.1) is 0 Å². The molecule has 4 aromatic heterocycles. The molecule has 0 unspecified atom stereocenters. The van der Waals surface area contributed by atoms with Crippen LogP contribution >= 0.6 is 0 Å². The Kier molecular flexibility index (Phi) is 4.52. The molecule has 36 heavy (non-hydrogen) atoms. The summed E-state index contributed by atoms with van der Waals surface area (Å²) < 4.78 is 2.29. The highest BCUT2D eigenvalue weighted by Gasteiger charge is 2.19. The number of para-hydroxylation sites is 2. The molecule has 1 N–H and O–H groups in total. The molecule has 0 bridgehead atoms. The minimum atomic E-state index is 0.245. The fraction of sp³-hybridized carbons (Fsp3) is 0.125. The molecule has 174 valence electrons. The van der Waals surface area contributed by atoms with Gasteiger partial charge < -0.3 is 5.11 Å². The van der Waals surface area contributed by atoms with Crippen molar-refractivity contribution >= 4 is 38.2 Å². The maximum atomic E-state index is 10.5. The number of phenols is 1. The largest absolute Gasteiger partial charge is 0.507 e. The summed E-state index contributed by atoms with van der Waals surface area (Å²) >= 11 is 0. The number of nitrogens with zero attached hydrogens (tertiary/aromatic N) is 3. The molecule has 0 radical (unpaired) electrons. The van der Waals surface area contributed by atoms with Gasteiger partial charge in [0, 0.05) is 38.9 Å². The molecule has 0 fully saturated rings. The van der Waals surface area contributed by atoms with Crippen molar-refractivity contribution in [1.29, 1.82) is 0 Å². The maximum absolute atomic E-state index is 10.5. The first-order chi connectivity index (χ1) is 17.6. The molecule has 0 aliphatic carbocycles. The van der Waals surface area contributed by atoms with Crippen molar-refractivity contribution in [3.63, 3.8) is 0 Å². The molecule has 4 heteroatoms. The molecular formula is C32H25N3O. The molecule has 3 aromatic carbocycles. The predicted molar refractivity (Wildman–Crippen MR) is 148 cm³/mol. The quantitative estimate of drug-likeness (QED) is 0.287. The first kappa shape index (κ1) is 20.9. The van der Waals surface area contributed by atoms with Gasteiger partial charge in [-0.1, -0.05) is 56.3 Å². The summed E-state index contributed by atoms with van der Waals surface area (Å²) in [5.74, 6) is 0.756. The van der Waals surface area contributed by atoms with Crippen LogP contribution in [0.1, 0.15) is 19.4 Å². The minimum Gasteiger partial charge on any atom is -0.507 e. The number of aromatic nitrogens is 3. The van der Waals surface area contributed by atoms with E-state index < -0.39 is 0 Å². The second-order valence-electron chi connectivity index (χ2n) is 10.0. The van der Waals surface area contributed by atoms with E-state index in [0.29, 0.717) is 5.92 Å². The van der Waals surface area contributed by atoms with Gasteiger partial charge in [0.2, 0.25) is 0 Å². The van der Waals surface area contributed by atoms with E-state index in [9.17, 15) is 5.11 Å². The number of pyridine rings is 2. The van der Waals surface area contributed by atoms with Gasteiger partial charge in [0.05, 0.1) is 22.4 Å². The Hall–Kier alpha value is -4.44. The van der Waals surface area contributed by atoms with E-state index in [0.717, 1.165) is 40.1 Å². The van der Waals surface area contributed by atoms with E-state index in [2.05, 4.69) is 72.8 Å². The zero-order valence-electron chi connectivity index (χ0n) is 20.2. The SMILES string of the molecule is CC(C)Cc1cc(-c2ccc3c4cccc5c6cccnc6n(c3c2)c45)nc(-c2ccccc2O)c1. The number of fused-ring (bicyclic) bond motifs is 6. The Morgan fingerprint density at radius 1 is 0.778 bits per heavy atom. The highest BCUT2D eigenvalue weighted by atomic mass is 16.3. The van der Waals surface area contributed by atoms with Crippen LogP contribution in [0.25, 0.3) is 60.7 Å². The van der Waals surface area contributed by atoms with Crippen molar-refractivity contribution in [3.05, 3.63) is 96.7 Å². The van der Waals surface area contributed by atoms with Gasteiger partial charge in [0.15, 0.2) is 0 Å². The van der Waals surface area contributed by atoms with Gasteiger partial charge >= 0.3 is 0 Å². The number of hydrogen-bond acceptors (Lipinski definition) is 3. The Bertz CT molecular complexity index is 1910. The first-order valence-corrected chi connectivity index (χ1v) is 12.4. The van der Waals surface area contributed by atoms with Crippen LogP contribution in [-0.4, -0.2) is 19.5 Å². The van der Waals surface area contributed by atoms with Crippen molar-refractivity contribution in [1.82, 2.24) is 14.4 Å². The average molecular weight is 468 g/mol. The third kappa shape index (κ3) is 3.07. The van der Waals surface area contributed by atoms with Crippen molar-refractivity contribution in [2.75, 3.05) is 0 Å². The van der Waals surface area contributed by atoms with Crippen molar-refractivity contribution in [2.24, 2.45) is 5.92 Å². The maximum Gasteiger partial charge on any atom is 0.145 e. The lowest BCUT2D eigenvalue weighted by atomic mass is 9.98. The smallest absolute Gasteiger partial charge is 0.145 e. The fourth-order valence-electron chi connectivity index (χ4n) is 5.60. The number of rotatable bonds is 4. The minimum absolute atomic E-state index is 0.245. The highest BCUT2D eigenvalue weighted by molar-refractivity contribution is 6.22. The van der Waals surface area contributed by atoms with Gasteiger partial charge in [-0.05, 0) is 60.4 Å². The van der Waals surface area contributed by atoms with Gasteiger partial charge in [-0.2, -0.15) is 0 Å². The third-order valence-corrected chi connectivity index (χ3v) is 7.08. The van der Waals surface area contributed by atoms with Gasteiger partial charge in [-0.25, -0.2) is 9.97 Å².